The third-order valence-electron chi connectivity index (χ3n) is 3.35. The molecule has 0 saturated carbocycles. The molecule has 88 valence electrons. The molecule has 3 nitrogen and oxygen atoms in total. The van der Waals surface area contributed by atoms with Crippen LogP contribution in [0, 0.1) is 12.7 Å². The van der Waals surface area contributed by atoms with Gasteiger partial charge in [0.15, 0.2) is 0 Å². The number of hydrogen-bond donors (Lipinski definition) is 1. The molecule has 1 aromatic carbocycles. The lowest BCUT2D eigenvalue weighted by Gasteiger charge is -2.24. The molecule has 1 unspecified atom stereocenters. The first-order valence-electron chi connectivity index (χ1n) is 5.67. The number of aromatic nitrogens is 1. The molecule has 0 bridgehead atoms. The summed E-state index contributed by atoms with van der Waals surface area (Å²) in [5.41, 5.74) is 2.15. The van der Waals surface area contributed by atoms with E-state index in [1.807, 2.05) is 17.6 Å². The van der Waals surface area contributed by atoms with Gasteiger partial charge in [0.05, 0.1) is 0 Å². The Morgan fingerprint density at radius 1 is 1.41 bits per heavy atom. The summed E-state index contributed by atoms with van der Waals surface area (Å²) in [5, 5.41) is 3.61. The van der Waals surface area contributed by atoms with Crippen LogP contribution in [0.1, 0.15) is 29.0 Å². The molecular weight excluding hydrogens is 219 g/mol. The molecule has 1 aromatic heterocycles. The molecule has 2 aromatic rings. The van der Waals surface area contributed by atoms with E-state index in [0.29, 0.717) is 17.8 Å². The maximum absolute atomic E-state index is 13.5. The molecule has 0 spiro atoms. The summed E-state index contributed by atoms with van der Waals surface area (Å²) in [6, 6.07) is 5.26. The second-order valence-electron chi connectivity index (χ2n) is 4.62. The lowest BCUT2D eigenvalue weighted by molar-refractivity contribution is 0.0919. The van der Waals surface area contributed by atoms with Crippen molar-refractivity contribution in [3.63, 3.8) is 0 Å². The number of carbonyl (C=O) groups is 1. The minimum Gasteiger partial charge on any atom is -0.349 e. The van der Waals surface area contributed by atoms with Gasteiger partial charge in [0.1, 0.15) is 11.5 Å². The third kappa shape index (κ3) is 1.37. The molecule has 0 aliphatic carbocycles. The predicted octanol–water partition coefficient (Wildman–Crippen LogP) is 2.39. The fourth-order valence-electron chi connectivity index (χ4n) is 2.42. The van der Waals surface area contributed by atoms with Crippen molar-refractivity contribution in [2.24, 2.45) is 0 Å². The lowest BCUT2D eigenvalue weighted by Crippen LogP contribution is -2.37. The van der Waals surface area contributed by atoms with Crippen molar-refractivity contribution in [3.8, 4) is 0 Å². The van der Waals surface area contributed by atoms with Crippen molar-refractivity contribution in [1.82, 2.24) is 9.88 Å². The summed E-state index contributed by atoms with van der Waals surface area (Å²) < 4.78 is 15.5. The minimum absolute atomic E-state index is 0.0858. The summed E-state index contributed by atoms with van der Waals surface area (Å²) >= 11 is 0. The number of hydrogen-bond acceptors (Lipinski definition) is 1. The summed E-state index contributed by atoms with van der Waals surface area (Å²) in [5.74, 6) is -0.314. The summed E-state index contributed by atoms with van der Waals surface area (Å²) in [6.07, 6.45) is 0. The molecule has 1 atom stereocenters. The first-order chi connectivity index (χ1) is 8.08. The molecule has 0 radical (unpaired) electrons. The van der Waals surface area contributed by atoms with Crippen LogP contribution in [-0.4, -0.2) is 17.0 Å². The van der Waals surface area contributed by atoms with Crippen molar-refractivity contribution < 1.29 is 9.18 Å². The van der Waals surface area contributed by atoms with Crippen LogP contribution in [-0.2, 0) is 0 Å². The molecule has 0 fully saturated rings. The number of nitrogens with one attached hydrogen (secondary N) is 1. The monoisotopic (exact) mass is 232 g/mol. The zero-order valence-electron chi connectivity index (χ0n) is 9.75. The number of benzene rings is 1. The highest BCUT2D eigenvalue weighted by molar-refractivity contribution is 5.99. The number of rotatable bonds is 0. The van der Waals surface area contributed by atoms with Gasteiger partial charge in [0.25, 0.3) is 5.91 Å². The van der Waals surface area contributed by atoms with Gasteiger partial charge in [-0.05, 0) is 37.6 Å². The van der Waals surface area contributed by atoms with E-state index in [0.717, 1.165) is 10.9 Å². The standard InChI is InChI=1S/C13H13FN2O/c1-7-3-11-9(4-10(7)14)5-12-13(17)15-6-8(2)16(11)12/h3-5,8H,6H2,1-2H3,(H,15,17). The molecular formula is C13H13FN2O. The van der Waals surface area contributed by atoms with Gasteiger partial charge >= 0.3 is 0 Å². The van der Waals surface area contributed by atoms with Crippen LogP contribution in [0.25, 0.3) is 10.9 Å². The Bertz CT molecular complexity index is 630. The van der Waals surface area contributed by atoms with Crippen LogP contribution in [0.2, 0.25) is 0 Å². The van der Waals surface area contributed by atoms with E-state index in [4.69, 9.17) is 0 Å². The maximum atomic E-state index is 13.5. The van der Waals surface area contributed by atoms with E-state index < -0.39 is 0 Å². The first kappa shape index (κ1) is 10.3. The molecule has 4 heteroatoms. The number of carbonyl (C=O) groups excluding carboxylic acids is 1. The van der Waals surface area contributed by atoms with Gasteiger partial charge in [0, 0.05) is 23.5 Å². The Balaban J connectivity index is 2.38. The Kier molecular flexibility index (Phi) is 2.02. The molecule has 1 amide bonds. The molecule has 1 aliphatic rings. The van der Waals surface area contributed by atoms with Crippen LogP contribution in [0.15, 0.2) is 18.2 Å². The normalized spacial score (nSPS) is 19.2. The van der Waals surface area contributed by atoms with Crippen molar-refractivity contribution in [2.45, 2.75) is 19.9 Å². The molecule has 3 rings (SSSR count). The van der Waals surface area contributed by atoms with Crippen molar-refractivity contribution in [3.05, 3.63) is 35.3 Å². The van der Waals surface area contributed by atoms with Gasteiger partial charge in [-0.3, -0.25) is 4.79 Å². The van der Waals surface area contributed by atoms with E-state index in [-0.39, 0.29) is 17.8 Å². The smallest absolute Gasteiger partial charge is 0.268 e. The number of fused-ring (bicyclic) bond motifs is 3. The minimum atomic E-state index is -0.228. The van der Waals surface area contributed by atoms with Gasteiger partial charge in [-0.1, -0.05) is 0 Å². The maximum Gasteiger partial charge on any atom is 0.268 e. The Hall–Kier alpha value is -1.84. The molecule has 1 aliphatic heterocycles. The second kappa shape index (κ2) is 3.32. The van der Waals surface area contributed by atoms with Gasteiger partial charge in [-0.25, -0.2) is 4.39 Å². The Morgan fingerprint density at radius 2 is 2.18 bits per heavy atom. The van der Waals surface area contributed by atoms with Crippen molar-refractivity contribution >= 4 is 16.8 Å². The SMILES string of the molecule is Cc1cc2c(cc1F)cc1n2C(C)CNC1=O. The van der Waals surface area contributed by atoms with Gasteiger partial charge in [-0.2, -0.15) is 0 Å². The predicted molar refractivity (Wildman–Crippen MR) is 63.7 cm³/mol. The summed E-state index contributed by atoms with van der Waals surface area (Å²) in [6.45, 7) is 4.40. The zero-order chi connectivity index (χ0) is 12.2. The molecule has 2 heterocycles. The Labute approximate surface area is 98.2 Å². The lowest BCUT2D eigenvalue weighted by atomic mass is 10.1. The highest BCUT2D eigenvalue weighted by Gasteiger charge is 2.24. The molecule has 17 heavy (non-hydrogen) atoms. The quantitative estimate of drug-likeness (QED) is 0.743. The van der Waals surface area contributed by atoms with Crippen LogP contribution in [0.3, 0.4) is 0 Å². The average Bonchev–Trinajstić information content (AvgIpc) is 2.64. The third-order valence-corrected chi connectivity index (χ3v) is 3.35. The zero-order valence-corrected chi connectivity index (χ0v) is 9.75. The van der Waals surface area contributed by atoms with Crippen molar-refractivity contribution in [2.75, 3.05) is 6.54 Å². The van der Waals surface area contributed by atoms with Crippen molar-refractivity contribution in [1.29, 1.82) is 0 Å². The number of halogens is 1. The fourth-order valence-corrected chi connectivity index (χ4v) is 2.42. The van der Waals surface area contributed by atoms with E-state index >= 15 is 0 Å². The molecule has 1 N–H and O–H groups in total. The second-order valence-corrected chi connectivity index (χ2v) is 4.62. The van der Waals surface area contributed by atoms with Crippen LogP contribution in [0.4, 0.5) is 4.39 Å². The topological polar surface area (TPSA) is 34.0 Å². The number of amides is 1. The van der Waals surface area contributed by atoms with E-state index in [1.54, 1.807) is 13.0 Å². The van der Waals surface area contributed by atoms with Crippen LogP contribution >= 0.6 is 0 Å². The highest BCUT2D eigenvalue weighted by Crippen LogP contribution is 2.28. The number of aryl methyl sites for hydroxylation is 1. The van der Waals surface area contributed by atoms with Gasteiger partial charge in [0.2, 0.25) is 0 Å². The average molecular weight is 232 g/mol. The summed E-state index contributed by atoms with van der Waals surface area (Å²) in [7, 11) is 0. The van der Waals surface area contributed by atoms with Gasteiger partial charge < -0.3 is 9.88 Å². The fraction of sp³-hybridized carbons (Fsp3) is 0.308. The van der Waals surface area contributed by atoms with E-state index in [2.05, 4.69) is 5.32 Å². The van der Waals surface area contributed by atoms with E-state index in [9.17, 15) is 9.18 Å². The Morgan fingerprint density at radius 3 is 2.94 bits per heavy atom. The van der Waals surface area contributed by atoms with Gasteiger partial charge in [-0.15, -0.1) is 0 Å². The van der Waals surface area contributed by atoms with Crippen LogP contribution < -0.4 is 5.32 Å². The molecule has 0 saturated heterocycles. The summed E-state index contributed by atoms with van der Waals surface area (Å²) in [4.78, 5) is 11.7. The first-order valence-corrected chi connectivity index (χ1v) is 5.67. The number of nitrogens with zero attached hydrogens (tertiary/aromatic N) is 1. The highest BCUT2D eigenvalue weighted by atomic mass is 19.1. The van der Waals surface area contributed by atoms with Crippen LogP contribution in [0.5, 0.6) is 0 Å². The largest absolute Gasteiger partial charge is 0.349 e. The van der Waals surface area contributed by atoms with E-state index in [1.165, 1.54) is 6.07 Å².